The highest BCUT2D eigenvalue weighted by Gasteiger charge is 2.40. The van der Waals surface area contributed by atoms with E-state index in [9.17, 15) is 19.3 Å². The van der Waals surface area contributed by atoms with Crippen molar-refractivity contribution in [3.8, 4) is 5.75 Å². The van der Waals surface area contributed by atoms with Crippen LogP contribution in [0.3, 0.4) is 0 Å². The summed E-state index contributed by atoms with van der Waals surface area (Å²) in [6, 6.07) is 15.4. The van der Waals surface area contributed by atoms with E-state index in [4.69, 9.17) is 25.5 Å². The van der Waals surface area contributed by atoms with Gasteiger partial charge >= 0.3 is 17.6 Å². The number of alkyl halides is 1. The molecule has 1 aromatic heterocycles. The number of nitrogens with zero attached hydrogens (tertiary/aromatic N) is 2. The van der Waals surface area contributed by atoms with Crippen LogP contribution in [0.15, 0.2) is 69.1 Å². The molecule has 224 valence electrons. The maximum absolute atomic E-state index is 12.4. The van der Waals surface area contributed by atoms with Gasteiger partial charge in [0.15, 0.2) is 0 Å². The fraction of sp³-hybridized carbons (Fsp3) is 0.452. The number of esters is 1. The van der Waals surface area contributed by atoms with Gasteiger partial charge in [-0.1, -0.05) is 25.1 Å². The van der Waals surface area contributed by atoms with Crippen molar-refractivity contribution in [1.82, 2.24) is 10.3 Å². The number of rotatable bonds is 7. The minimum absolute atomic E-state index is 0.153. The van der Waals surface area contributed by atoms with Crippen LogP contribution in [0.5, 0.6) is 5.75 Å². The summed E-state index contributed by atoms with van der Waals surface area (Å²) in [6.07, 6.45) is 4.47. The quantitative estimate of drug-likeness (QED) is 0.112. The Bertz CT molecular complexity index is 1450. The van der Waals surface area contributed by atoms with Gasteiger partial charge in [0, 0.05) is 35.9 Å². The normalized spacial score (nSPS) is 19.5. The van der Waals surface area contributed by atoms with Gasteiger partial charge < -0.3 is 19.2 Å². The van der Waals surface area contributed by atoms with E-state index in [1.165, 1.54) is 6.07 Å². The van der Waals surface area contributed by atoms with E-state index < -0.39 is 17.3 Å². The summed E-state index contributed by atoms with van der Waals surface area (Å²) in [6.45, 7) is 6.04. The Morgan fingerprint density at radius 2 is 1.81 bits per heavy atom. The number of hydrogen-bond donors (Lipinski definition) is 1. The summed E-state index contributed by atoms with van der Waals surface area (Å²) in [5, 5.41) is 7.13. The zero-order valence-corrected chi connectivity index (χ0v) is 24.8. The van der Waals surface area contributed by atoms with Crippen molar-refractivity contribution in [1.29, 1.82) is 0 Å². The van der Waals surface area contributed by atoms with Gasteiger partial charge in [0.25, 0.3) is 0 Å². The zero-order chi connectivity index (χ0) is 30.3. The summed E-state index contributed by atoms with van der Waals surface area (Å²) in [4.78, 5) is 45.8. The van der Waals surface area contributed by atoms with Crippen molar-refractivity contribution < 1.29 is 23.5 Å². The number of carbonyl (C=O) groups excluding carboxylic acids is 2. The summed E-state index contributed by atoms with van der Waals surface area (Å²) < 4.78 is 16.9. The van der Waals surface area contributed by atoms with Crippen molar-refractivity contribution >= 4 is 34.6 Å². The number of amides is 2. The first-order valence-electron chi connectivity index (χ1n) is 14.1. The number of urea groups is 1. The standard InChI is InChI=1S/C21H18O5.C10H18ClN3O2/c1-21(2,26-20(23)13-6-4-3-5-7-13)18-11-15-10-14-8-9-19(22)25-16(14)12-17(15)24-18;1-8-2-4-9(5-3-8)12-10(15)14(13-16)7-6-11/h3-10,12,18H,11H2,1-2H3;8-9H,2-7H2,1H3,(H,12,15). The Hall–Kier alpha value is -3.92. The summed E-state index contributed by atoms with van der Waals surface area (Å²) >= 11 is 5.46. The van der Waals surface area contributed by atoms with Gasteiger partial charge in [-0.05, 0) is 75.3 Å². The van der Waals surface area contributed by atoms with Crippen LogP contribution < -0.4 is 15.7 Å². The Morgan fingerprint density at radius 3 is 2.48 bits per heavy atom. The monoisotopic (exact) mass is 597 g/mol. The van der Waals surface area contributed by atoms with E-state index in [0.29, 0.717) is 23.3 Å². The second kappa shape index (κ2) is 13.8. The highest BCUT2D eigenvalue weighted by atomic mass is 35.5. The van der Waals surface area contributed by atoms with Crippen LogP contribution in [-0.4, -0.2) is 47.2 Å². The molecule has 2 heterocycles. The molecule has 2 amide bonds. The molecular weight excluding hydrogens is 562 g/mol. The molecule has 2 aromatic carbocycles. The minimum atomic E-state index is -0.820. The van der Waals surface area contributed by atoms with Crippen LogP contribution in [0.25, 0.3) is 11.0 Å². The van der Waals surface area contributed by atoms with E-state index in [1.807, 2.05) is 26.0 Å². The Morgan fingerprint density at radius 1 is 1.10 bits per heavy atom. The SMILES string of the molecule is CC(C)(OC(=O)c1ccccc1)C1Cc2cc3ccc(=O)oc3cc2O1.CC1CCC(NC(=O)N(CCCl)N=O)CC1. The summed E-state index contributed by atoms with van der Waals surface area (Å²) in [5.74, 6) is 1.21. The largest absolute Gasteiger partial charge is 0.485 e. The van der Waals surface area contributed by atoms with Crippen LogP contribution in [-0.2, 0) is 11.2 Å². The predicted octanol–water partition coefficient (Wildman–Crippen LogP) is 6.23. The molecule has 1 saturated carbocycles. The Labute approximate surface area is 249 Å². The fourth-order valence-corrected chi connectivity index (χ4v) is 5.21. The lowest BCUT2D eigenvalue weighted by molar-refractivity contribution is -0.0517. The lowest BCUT2D eigenvalue weighted by Crippen LogP contribution is -2.44. The fourth-order valence-electron chi connectivity index (χ4n) is 5.05. The first-order chi connectivity index (χ1) is 20.1. The maximum Gasteiger partial charge on any atom is 0.340 e. The maximum atomic E-state index is 12.4. The number of carbonyl (C=O) groups is 2. The molecule has 42 heavy (non-hydrogen) atoms. The molecule has 10 nitrogen and oxygen atoms in total. The van der Waals surface area contributed by atoms with Crippen LogP contribution in [0.2, 0.25) is 0 Å². The van der Waals surface area contributed by atoms with E-state index in [2.05, 4.69) is 17.5 Å². The second-order valence-corrected chi connectivity index (χ2v) is 11.6. The van der Waals surface area contributed by atoms with Gasteiger partial charge in [0.1, 0.15) is 23.0 Å². The third-order valence-corrected chi connectivity index (χ3v) is 7.76. The molecule has 11 heteroatoms. The molecule has 0 radical (unpaired) electrons. The number of benzene rings is 2. The van der Waals surface area contributed by atoms with Gasteiger partial charge in [-0.25, -0.2) is 14.4 Å². The average Bonchev–Trinajstić information content (AvgIpc) is 3.40. The van der Waals surface area contributed by atoms with Gasteiger partial charge in [0.2, 0.25) is 0 Å². The Balaban J connectivity index is 0.000000219. The molecule has 1 N–H and O–H groups in total. The smallest absolute Gasteiger partial charge is 0.340 e. The molecule has 1 aliphatic carbocycles. The van der Waals surface area contributed by atoms with Crippen molar-refractivity contribution in [2.75, 3.05) is 12.4 Å². The molecule has 0 bridgehead atoms. The molecule has 1 aliphatic heterocycles. The number of halogens is 1. The highest BCUT2D eigenvalue weighted by molar-refractivity contribution is 6.18. The predicted molar refractivity (Wildman–Crippen MR) is 160 cm³/mol. The van der Waals surface area contributed by atoms with Crippen molar-refractivity contribution in [2.45, 2.75) is 70.6 Å². The number of fused-ring (bicyclic) bond motifs is 2. The van der Waals surface area contributed by atoms with Gasteiger partial charge in [-0.3, -0.25) is 0 Å². The van der Waals surface area contributed by atoms with E-state index >= 15 is 0 Å². The van der Waals surface area contributed by atoms with E-state index in [0.717, 1.165) is 47.6 Å². The molecule has 1 atom stereocenters. The van der Waals surface area contributed by atoms with Crippen LogP contribution in [0.4, 0.5) is 4.79 Å². The van der Waals surface area contributed by atoms with Crippen molar-refractivity contribution in [2.24, 2.45) is 11.2 Å². The van der Waals surface area contributed by atoms with Gasteiger partial charge in [-0.2, -0.15) is 5.01 Å². The van der Waals surface area contributed by atoms with Crippen molar-refractivity contribution in [3.05, 3.63) is 81.1 Å². The minimum Gasteiger partial charge on any atom is -0.485 e. The Kier molecular flexibility index (Phi) is 10.2. The van der Waals surface area contributed by atoms with Gasteiger partial charge in [-0.15, -0.1) is 16.5 Å². The van der Waals surface area contributed by atoms with Crippen LogP contribution in [0.1, 0.15) is 62.4 Å². The number of hydrogen-bond acceptors (Lipinski definition) is 8. The van der Waals surface area contributed by atoms with Gasteiger partial charge in [0.05, 0.1) is 17.4 Å². The number of nitroso groups, excluding NO2 is 1. The molecule has 3 aromatic rings. The van der Waals surface area contributed by atoms with E-state index in [1.54, 1.807) is 36.4 Å². The molecule has 2 aliphatic rings. The molecule has 1 unspecified atom stereocenters. The van der Waals surface area contributed by atoms with Crippen LogP contribution in [0, 0.1) is 10.8 Å². The second-order valence-electron chi connectivity index (χ2n) is 11.2. The third kappa shape index (κ3) is 7.88. The molecule has 1 fully saturated rings. The topological polar surface area (TPSA) is 128 Å². The number of ether oxygens (including phenoxy) is 2. The average molecular weight is 598 g/mol. The first kappa shape index (κ1) is 31.0. The zero-order valence-electron chi connectivity index (χ0n) is 24.0. The molecule has 5 rings (SSSR count). The number of nitrogens with one attached hydrogen (secondary N) is 1. The van der Waals surface area contributed by atoms with E-state index in [-0.39, 0.29) is 30.5 Å². The molecule has 0 saturated heterocycles. The first-order valence-corrected chi connectivity index (χ1v) is 14.6. The van der Waals surface area contributed by atoms with Crippen LogP contribution >= 0.6 is 11.6 Å². The lowest BCUT2D eigenvalue weighted by atomic mass is 9.87. The summed E-state index contributed by atoms with van der Waals surface area (Å²) in [7, 11) is 0. The molecule has 0 spiro atoms. The molecular formula is C31H36ClN3O7. The highest BCUT2D eigenvalue weighted by Crippen LogP contribution is 2.37. The summed E-state index contributed by atoms with van der Waals surface area (Å²) in [5.41, 5.74) is 0.766. The lowest BCUT2D eigenvalue weighted by Gasteiger charge is -2.30. The van der Waals surface area contributed by atoms with Crippen molar-refractivity contribution in [3.63, 3.8) is 0 Å². The third-order valence-electron chi connectivity index (χ3n) is 7.59.